The summed E-state index contributed by atoms with van der Waals surface area (Å²) in [6, 6.07) is 5.88. The molecule has 2 saturated heterocycles. The van der Waals surface area contributed by atoms with Crippen molar-refractivity contribution < 1.29 is 19.2 Å². The van der Waals surface area contributed by atoms with Crippen LogP contribution in [0.5, 0.6) is 5.75 Å². The van der Waals surface area contributed by atoms with Gasteiger partial charge in [-0.2, -0.15) is 0 Å². The van der Waals surface area contributed by atoms with E-state index in [1.165, 1.54) is 12.1 Å². The van der Waals surface area contributed by atoms with E-state index in [9.17, 15) is 14.9 Å². The van der Waals surface area contributed by atoms with E-state index in [2.05, 4.69) is 0 Å². The van der Waals surface area contributed by atoms with Crippen molar-refractivity contribution in [2.24, 2.45) is 0 Å². The first-order chi connectivity index (χ1) is 9.13. The number of β-lactam (4-membered cyclic amide) rings is 1. The van der Waals surface area contributed by atoms with E-state index >= 15 is 0 Å². The number of carbonyl (C=O) groups excluding carboxylic acids is 1. The number of nitrogens with zero attached hydrogens (tertiary/aromatic N) is 2. The summed E-state index contributed by atoms with van der Waals surface area (Å²) < 4.78 is 11.1. The van der Waals surface area contributed by atoms with Gasteiger partial charge in [0.05, 0.1) is 17.9 Å². The van der Waals surface area contributed by atoms with E-state index in [0.717, 1.165) is 0 Å². The van der Waals surface area contributed by atoms with Gasteiger partial charge >= 0.3 is 0 Å². The van der Waals surface area contributed by atoms with Crippen LogP contribution in [-0.4, -0.2) is 41.2 Å². The van der Waals surface area contributed by atoms with Crippen LogP contribution in [0.15, 0.2) is 24.3 Å². The lowest BCUT2D eigenvalue weighted by Crippen LogP contribution is -2.48. The van der Waals surface area contributed by atoms with Gasteiger partial charge in [0, 0.05) is 12.1 Å². The maximum Gasteiger partial charge on any atom is 0.269 e. The lowest BCUT2D eigenvalue weighted by molar-refractivity contribution is -0.384. The smallest absolute Gasteiger partial charge is 0.269 e. The third-order valence-corrected chi connectivity index (χ3v) is 3.25. The molecule has 1 aromatic carbocycles. The van der Waals surface area contributed by atoms with Crippen LogP contribution in [0.1, 0.15) is 6.42 Å². The first-order valence-corrected chi connectivity index (χ1v) is 5.95. The number of nitro benzene ring substituents is 1. The van der Waals surface area contributed by atoms with Crippen molar-refractivity contribution in [1.82, 2.24) is 4.90 Å². The molecule has 7 heteroatoms. The fraction of sp³-hybridized carbons (Fsp3) is 0.417. The molecule has 100 valence electrons. The van der Waals surface area contributed by atoms with Gasteiger partial charge in [-0.05, 0) is 12.1 Å². The average Bonchev–Trinajstić information content (AvgIpc) is 2.73. The van der Waals surface area contributed by atoms with E-state index in [-0.39, 0.29) is 23.9 Å². The van der Waals surface area contributed by atoms with Gasteiger partial charge in [0.2, 0.25) is 5.91 Å². The Morgan fingerprint density at radius 1 is 1.42 bits per heavy atom. The molecule has 3 rings (SSSR count). The van der Waals surface area contributed by atoms with Crippen molar-refractivity contribution in [1.29, 1.82) is 0 Å². The standard InChI is InChI=1S/C12H12N2O5/c15-11-5-12-13(11)6-10(19-12)7-18-9-3-1-8(2-4-9)14(16)17/h1-4,10,12H,5-7H2. The highest BCUT2D eigenvalue weighted by Gasteiger charge is 2.45. The molecule has 2 fully saturated rings. The number of hydrogen-bond acceptors (Lipinski definition) is 5. The van der Waals surface area contributed by atoms with E-state index in [1.54, 1.807) is 17.0 Å². The SMILES string of the molecule is O=C1CC2OC(COc3ccc([N+](=O)[O-])cc3)CN12. The molecule has 7 nitrogen and oxygen atoms in total. The molecule has 0 N–H and O–H groups in total. The number of amides is 1. The Kier molecular flexibility index (Phi) is 2.83. The summed E-state index contributed by atoms with van der Waals surface area (Å²) in [5.74, 6) is 0.664. The maximum atomic E-state index is 11.2. The summed E-state index contributed by atoms with van der Waals surface area (Å²) in [7, 11) is 0. The normalized spacial score (nSPS) is 24.8. The highest BCUT2D eigenvalue weighted by molar-refractivity contribution is 5.82. The Hall–Kier alpha value is -2.15. The molecular weight excluding hydrogens is 252 g/mol. The van der Waals surface area contributed by atoms with Crippen LogP contribution in [0, 0.1) is 10.1 Å². The van der Waals surface area contributed by atoms with Crippen LogP contribution in [0.3, 0.4) is 0 Å². The third-order valence-electron chi connectivity index (χ3n) is 3.25. The average molecular weight is 264 g/mol. The number of ether oxygens (including phenoxy) is 2. The van der Waals surface area contributed by atoms with Crippen molar-refractivity contribution in [3.63, 3.8) is 0 Å². The number of hydrogen-bond donors (Lipinski definition) is 0. The van der Waals surface area contributed by atoms with Gasteiger partial charge in [-0.1, -0.05) is 0 Å². The van der Waals surface area contributed by atoms with Gasteiger partial charge in [-0.3, -0.25) is 14.9 Å². The highest BCUT2D eigenvalue weighted by atomic mass is 16.6. The van der Waals surface area contributed by atoms with Gasteiger partial charge in [0.15, 0.2) is 0 Å². The summed E-state index contributed by atoms with van der Waals surface area (Å²) in [5.41, 5.74) is 0.0271. The van der Waals surface area contributed by atoms with E-state index in [1.807, 2.05) is 0 Å². The summed E-state index contributed by atoms with van der Waals surface area (Å²) in [5, 5.41) is 10.5. The Bertz CT molecular complexity index is 515. The number of fused-ring (bicyclic) bond motifs is 1. The van der Waals surface area contributed by atoms with Crippen LogP contribution in [-0.2, 0) is 9.53 Å². The topological polar surface area (TPSA) is 81.9 Å². The van der Waals surface area contributed by atoms with Gasteiger partial charge < -0.3 is 14.4 Å². The van der Waals surface area contributed by atoms with Crippen molar-refractivity contribution in [2.45, 2.75) is 18.8 Å². The second-order valence-corrected chi connectivity index (χ2v) is 4.52. The minimum atomic E-state index is -0.458. The molecule has 1 aromatic rings. The zero-order valence-corrected chi connectivity index (χ0v) is 10.0. The second kappa shape index (κ2) is 4.51. The lowest BCUT2D eigenvalue weighted by atomic mass is 10.2. The molecule has 2 heterocycles. The summed E-state index contributed by atoms with van der Waals surface area (Å²) >= 11 is 0. The Balaban J connectivity index is 1.52. The monoisotopic (exact) mass is 264 g/mol. The molecule has 2 aliphatic heterocycles. The largest absolute Gasteiger partial charge is 0.491 e. The molecule has 2 aliphatic rings. The van der Waals surface area contributed by atoms with Crippen LogP contribution < -0.4 is 4.74 Å². The van der Waals surface area contributed by atoms with Crippen LogP contribution >= 0.6 is 0 Å². The number of nitro groups is 1. The predicted molar refractivity (Wildman–Crippen MR) is 63.6 cm³/mol. The fourth-order valence-corrected chi connectivity index (χ4v) is 2.20. The van der Waals surface area contributed by atoms with Crippen LogP contribution in [0.25, 0.3) is 0 Å². The van der Waals surface area contributed by atoms with Crippen molar-refractivity contribution in [2.75, 3.05) is 13.2 Å². The molecule has 1 amide bonds. The first-order valence-electron chi connectivity index (χ1n) is 5.95. The molecule has 2 atom stereocenters. The molecular formula is C12H12N2O5. The Labute approximate surface area is 108 Å². The van der Waals surface area contributed by atoms with E-state index in [0.29, 0.717) is 25.3 Å². The second-order valence-electron chi connectivity index (χ2n) is 4.52. The lowest BCUT2D eigenvalue weighted by Gasteiger charge is -2.31. The number of benzene rings is 1. The Morgan fingerprint density at radius 2 is 2.16 bits per heavy atom. The molecule has 0 radical (unpaired) electrons. The summed E-state index contributed by atoms with van der Waals surface area (Å²) in [4.78, 5) is 22.9. The molecule has 0 aliphatic carbocycles. The van der Waals surface area contributed by atoms with Crippen LogP contribution in [0.2, 0.25) is 0 Å². The summed E-state index contributed by atoms with van der Waals surface area (Å²) in [6.07, 6.45) is 0.234. The van der Waals surface area contributed by atoms with Gasteiger partial charge in [-0.15, -0.1) is 0 Å². The number of non-ortho nitro benzene ring substituents is 1. The first kappa shape index (κ1) is 11.9. The molecule has 0 aromatic heterocycles. The van der Waals surface area contributed by atoms with Crippen molar-refractivity contribution in [3.05, 3.63) is 34.4 Å². The van der Waals surface area contributed by atoms with Crippen molar-refractivity contribution >= 4 is 11.6 Å². The molecule has 0 spiro atoms. The molecule has 0 saturated carbocycles. The van der Waals surface area contributed by atoms with Gasteiger partial charge in [-0.25, -0.2) is 0 Å². The minimum Gasteiger partial charge on any atom is -0.491 e. The fourth-order valence-electron chi connectivity index (χ4n) is 2.20. The minimum absolute atomic E-state index is 0.0271. The third kappa shape index (κ3) is 2.24. The predicted octanol–water partition coefficient (Wildman–Crippen LogP) is 0.931. The van der Waals surface area contributed by atoms with Crippen molar-refractivity contribution in [3.8, 4) is 5.75 Å². The van der Waals surface area contributed by atoms with Crippen LogP contribution in [0.4, 0.5) is 5.69 Å². The van der Waals surface area contributed by atoms with Gasteiger partial charge in [0.25, 0.3) is 5.69 Å². The summed E-state index contributed by atoms with van der Waals surface area (Å²) in [6.45, 7) is 0.884. The van der Waals surface area contributed by atoms with E-state index in [4.69, 9.17) is 9.47 Å². The Morgan fingerprint density at radius 3 is 2.74 bits per heavy atom. The zero-order valence-electron chi connectivity index (χ0n) is 10.0. The molecule has 0 bridgehead atoms. The van der Waals surface area contributed by atoms with Gasteiger partial charge in [0.1, 0.15) is 24.7 Å². The highest BCUT2D eigenvalue weighted by Crippen LogP contribution is 2.29. The number of rotatable bonds is 4. The zero-order chi connectivity index (χ0) is 13.4. The number of carbonyl (C=O) groups is 1. The molecule has 19 heavy (non-hydrogen) atoms. The quantitative estimate of drug-likeness (QED) is 0.459. The van der Waals surface area contributed by atoms with E-state index < -0.39 is 4.92 Å². The maximum absolute atomic E-state index is 11.2. The molecule has 2 unspecified atom stereocenters.